The van der Waals surface area contributed by atoms with Gasteiger partial charge in [-0.05, 0) is 39.8 Å². The molecule has 1 N–H and O–H groups in total. The Bertz CT molecular complexity index is 384. The molecule has 0 saturated heterocycles. The van der Waals surface area contributed by atoms with E-state index in [0.29, 0.717) is 0 Å². The van der Waals surface area contributed by atoms with Crippen molar-refractivity contribution in [1.29, 1.82) is 0 Å². The highest BCUT2D eigenvalue weighted by molar-refractivity contribution is 7.84. The molecule has 5 heteroatoms. The van der Waals surface area contributed by atoms with Crippen molar-refractivity contribution in [2.24, 2.45) is 0 Å². The average Bonchev–Trinajstić information content (AvgIpc) is 2.27. The standard InChI is InChI=1S/C12H20N2O2S/c1-9(14-17(15)12(2,3)4)11-7-6-10(16-5)8-13-11/h6-9,14H,1-5H3. The van der Waals surface area contributed by atoms with Crippen molar-refractivity contribution in [2.75, 3.05) is 7.11 Å². The number of pyridine rings is 1. The van der Waals surface area contributed by atoms with Gasteiger partial charge < -0.3 is 4.74 Å². The number of hydrogen-bond donors (Lipinski definition) is 1. The van der Waals surface area contributed by atoms with Crippen LogP contribution in [0.2, 0.25) is 0 Å². The van der Waals surface area contributed by atoms with E-state index in [4.69, 9.17) is 4.74 Å². The molecule has 4 nitrogen and oxygen atoms in total. The molecule has 0 spiro atoms. The van der Waals surface area contributed by atoms with Gasteiger partial charge in [0.2, 0.25) is 0 Å². The van der Waals surface area contributed by atoms with E-state index in [-0.39, 0.29) is 10.8 Å². The molecule has 2 unspecified atom stereocenters. The summed E-state index contributed by atoms with van der Waals surface area (Å²) in [6, 6.07) is 3.66. The summed E-state index contributed by atoms with van der Waals surface area (Å²) in [7, 11) is 0.508. The molecule has 1 aromatic rings. The van der Waals surface area contributed by atoms with Crippen molar-refractivity contribution in [3.05, 3.63) is 24.0 Å². The van der Waals surface area contributed by atoms with Gasteiger partial charge in [-0.1, -0.05) is 0 Å². The fourth-order valence-electron chi connectivity index (χ4n) is 1.17. The molecule has 0 bridgehead atoms. The highest BCUT2D eigenvalue weighted by Gasteiger charge is 2.21. The first-order chi connectivity index (χ1) is 7.84. The second-order valence-corrected chi connectivity index (χ2v) is 6.84. The highest BCUT2D eigenvalue weighted by Crippen LogP contribution is 2.17. The number of hydrogen-bond acceptors (Lipinski definition) is 3. The Labute approximate surface area is 105 Å². The predicted molar refractivity (Wildman–Crippen MR) is 70.2 cm³/mol. The average molecular weight is 256 g/mol. The Morgan fingerprint density at radius 3 is 2.47 bits per heavy atom. The topological polar surface area (TPSA) is 51.2 Å². The predicted octanol–water partition coefficient (Wildman–Crippen LogP) is 2.20. The van der Waals surface area contributed by atoms with E-state index >= 15 is 0 Å². The maximum Gasteiger partial charge on any atom is 0.137 e. The van der Waals surface area contributed by atoms with Crippen LogP contribution < -0.4 is 9.46 Å². The molecule has 0 aliphatic rings. The molecule has 0 aliphatic heterocycles. The summed E-state index contributed by atoms with van der Waals surface area (Å²) in [5.41, 5.74) is 0.850. The van der Waals surface area contributed by atoms with Crippen LogP contribution in [0.3, 0.4) is 0 Å². The van der Waals surface area contributed by atoms with E-state index in [1.54, 1.807) is 13.3 Å². The quantitative estimate of drug-likeness (QED) is 0.898. The van der Waals surface area contributed by atoms with Crippen molar-refractivity contribution < 1.29 is 8.95 Å². The molecule has 1 aromatic heterocycles. The summed E-state index contributed by atoms with van der Waals surface area (Å²) in [5.74, 6) is 0.720. The maximum atomic E-state index is 11.9. The number of methoxy groups -OCH3 is 1. The molecule has 0 fully saturated rings. The molecular weight excluding hydrogens is 236 g/mol. The lowest BCUT2D eigenvalue weighted by Crippen LogP contribution is -2.35. The van der Waals surface area contributed by atoms with Crippen molar-refractivity contribution in [1.82, 2.24) is 9.71 Å². The van der Waals surface area contributed by atoms with Gasteiger partial charge in [0.25, 0.3) is 0 Å². The van der Waals surface area contributed by atoms with E-state index in [0.717, 1.165) is 11.4 Å². The minimum atomic E-state index is -1.10. The van der Waals surface area contributed by atoms with Crippen LogP contribution in [-0.2, 0) is 11.0 Å². The summed E-state index contributed by atoms with van der Waals surface area (Å²) in [6.45, 7) is 7.75. The van der Waals surface area contributed by atoms with Crippen LogP contribution in [0.1, 0.15) is 39.4 Å². The van der Waals surface area contributed by atoms with Crippen LogP contribution in [0.5, 0.6) is 5.75 Å². The van der Waals surface area contributed by atoms with Crippen molar-refractivity contribution in [3.63, 3.8) is 0 Å². The second kappa shape index (κ2) is 5.60. The van der Waals surface area contributed by atoms with Crippen LogP contribution in [0.4, 0.5) is 0 Å². The number of rotatable bonds is 4. The first kappa shape index (κ1) is 14.1. The molecule has 96 valence electrons. The van der Waals surface area contributed by atoms with Gasteiger partial charge in [0, 0.05) is 0 Å². The zero-order valence-corrected chi connectivity index (χ0v) is 11.8. The molecular formula is C12H20N2O2S. The van der Waals surface area contributed by atoms with E-state index < -0.39 is 11.0 Å². The second-order valence-electron chi connectivity index (χ2n) is 4.84. The monoisotopic (exact) mass is 256 g/mol. The summed E-state index contributed by atoms with van der Waals surface area (Å²) in [5, 5.41) is 0. The maximum absolute atomic E-state index is 11.9. The normalized spacial score (nSPS) is 15.4. The molecule has 0 aromatic carbocycles. The van der Waals surface area contributed by atoms with Gasteiger partial charge in [-0.2, -0.15) is 0 Å². The smallest absolute Gasteiger partial charge is 0.137 e. The third kappa shape index (κ3) is 4.09. The van der Waals surface area contributed by atoms with Gasteiger partial charge in [0.1, 0.15) is 5.75 Å². The highest BCUT2D eigenvalue weighted by atomic mass is 32.2. The third-order valence-electron chi connectivity index (χ3n) is 2.28. The third-order valence-corrected chi connectivity index (χ3v) is 3.96. The Kier molecular flexibility index (Phi) is 4.65. The Morgan fingerprint density at radius 2 is 2.06 bits per heavy atom. The summed E-state index contributed by atoms with van der Waals surface area (Å²) >= 11 is 0. The molecule has 0 saturated carbocycles. The molecule has 17 heavy (non-hydrogen) atoms. The fraction of sp³-hybridized carbons (Fsp3) is 0.583. The molecule has 0 aliphatic carbocycles. The first-order valence-electron chi connectivity index (χ1n) is 5.52. The number of nitrogens with zero attached hydrogens (tertiary/aromatic N) is 1. The lowest BCUT2D eigenvalue weighted by atomic mass is 10.2. The van der Waals surface area contributed by atoms with E-state index in [9.17, 15) is 4.21 Å². The SMILES string of the molecule is COc1ccc(C(C)NS(=O)C(C)(C)C)nc1. The summed E-state index contributed by atoms with van der Waals surface area (Å²) in [6.07, 6.45) is 1.66. The zero-order chi connectivity index (χ0) is 13.1. The van der Waals surface area contributed by atoms with Crippen LogP contribution in [0.25, 0.3) is 0 Å². The minimum absolute atomic E-state index is 0.0547. The van der Waals surface area contributed by atoms with Gasteiger partial charge in [-0.3, -0.25) is 4.98 Å². The van der Waals surface area contributed by atoms with Crippen LogP contribution >= 0.6 is 0 Å². The molecule has 0 radical (unpaired) electrons. The number of nitrogens with one attached hydrogen (secondary N) is 1. The van der Waals surface area contributed by atoms with E-state index in [1.165, 1.54) is 0 Å². The van der Waals surface area contributed by atoms with Gasteiger partial charge in [0.15, 0.2) is 0 Å². The van der Waals surface area contributed by atoms with Crippen LogP contribution in [-0.4, -0.2) is 21.0 Å². The molecule has 1 rings (SSSR count). The number of ether oxygens (including phenoxy) is 1. The van der Waals surface area contributed by atoms with Gasteiger partial charge >= 0.3 is 0 Å². The minimum Gasteiger partial charge on any atom is -0.495 e. The summed E-state index contributed by atoms with van der Waals surface area (Å²) < 4.78 is 19.7. The van der Waals surface area contributed by atoms with Gasteiger partial charge in [0.05, 0.1) is 40.8 Å². The molecule has 2 atom stereocenters. The van der Waals surface area contributed by atoms with E-state index in [1.807, 2.05) is 39.8 Å². The van der Waals surface area contributed by atoms with Gasteiger partial charge in [-0.15, -0.1) is 0 Å². The Hall–Kier alpha value is -0.940. The van der Waals surface area contributed by atoms with Crippen LogP contribution in [0, 0.1) is 0 Å². The lowest BCUT2D eigenvalue weighted by molar-refractivity contribution is 0.412. The number of aromatic nitrogens is 1. The Morgan fingerprint density at radius 1 is 1.41 bits per heavy atom. The molecule has 1 heterocycles. The first-order valence-corrected chi connectivity index (χ1v) is 6.67. The van der Waals surface area contributed by atoms with Crippen LogP contribution in [0.15, 0.2) is 18.3 Å². The van der Waals surface area contributed by atoms with Gasteiger partial charge in [-0.25, -0.2) is 8.93 Å². The van der Waals surface area contributed by atoms with E-state index in [2.05, 4.69) is 9.71 Å². The fourth-order valence-corrected chi connectivity index (χ4v) is 1.96. The van der Waals surface area contributed by atoms with Crippen molar-refractivity contribution in [2.45, 2.75) is 38.5 Å². The zero-order valence-electron chi connectivity index (χ0n) is 11.0. The lowest BCUT2D eigenvalue weighted by Gasteiger charge is -2.21. The van der Waals surface area contributed by atoms with Crippen molar-refractivity contribution in [3.8, 4) is 5.75 Å². The molecule has 0 amide bonds. The largest absolute Gasteiger partial charge is 0.495 e. The Balaban J connectivity index is 2.70. The summed E-state index contributed by atoms with van der Waals surface area (Å²) in [4.78, 5) is 4.26. The van der Waals surface area contributed by atoms with Crippen molar-refractivity contribution >= 4 is 11.0 Å².